The van der Waals surface area contributed by atoms with Crippen molar-refractivity contribution in [3.8, 4) is 28.7 Å². The predicted octanol–water partition coefficient (Wildman–Crippen LogP) is 4.35. The predicted molar refractivity (Wildman–Crippen MR) is 134 cm³/mol. The molecule has 4 atom stereocenters. The van der Waals surface area contributed by atoms with E-state index in [0.29, 0.717) is 40.5 Å². The number of methoxy groups -OCH3 is 2. The number of hydrogen-bond acceptors (Lipinski definition) is 7. The summed E-state index contributed by atoms with van der Waals surface area (Å²) in [5.41, 5.74) is 3.96. The van der Waals surface area contributed by atoms with Crippen molar-refractivity contribution in [1.82, 2.24) is 0 Å². The molecule has 0 aliphatic carbocycles. The minimum atomic E-state index is -0.881. The number of ether oxygens (including phenoxy) is 4. The van der Waals surface area contributed by atoms with E-state index in [2.05, 4.69) is 0 Å². The highest BCUT2D eigenvalue weighted by molar-refractivity contribution is 5.52. The molecule has 0 unspecified atom stereocenters. The Morgan fingerprint density at radius 1 is 0.806 bits per heavy atom. The molecule has 36 heavy (non-hydrogen) atoms. The van der Waals surface area contributed by atoms with E-state index in [0.717, 1.165) is 23.1 Å². The minimum Gasteiger partial charge on any atom is -0.508 e. The molecule has 0 spiro atoms. The van der Waals surface area contributed by atoms with Crippen molar-refractivity contribution in [2.45, 2.75) is 32.0 Å². The Hall–Kier alpha value is -3.42. The van der Waals surface area contributed by atoms with E-state index >= 15 is 0 Å². The molecule has 2 aliphatic heterocycles. The van der Waals surface area contributed by atoms with Crippen molar-refractivity contribution in [1.29, 1.82) is 0 Å². The lowest BCUT2D eigenvalue weighted by molar-refractivity contribution is -0.0554. The van der Waals surface area contributed by atoms with E-state index in [1.54, 1.807) is 44.6 Å². The van der Waals surface area contributed by atoms with Crippen LogP contribution < -0.4 is 18.9 Å². The van der Waals surface area contributed by atoms with Gasteiger partial charge in [-0.25, -0.2) is 0 Å². The van der Waals surface area contributed by atoms with Crippen molar-refractivity contribution in [2.75, 3.05) is 27.4 Å². The van der Waals surface area contributed by atoms with Gasteiger partial charge in [-0.1, -0.05) is 19.1 Å². The molecule has 3 aromatic carbocycles. The second kappa shape index (κ2) is 9.91. The Kier molecular flexibility index (Phi) is 6.69. The van der Waals surface area contributed by atoms with Crippen LogP contribution in [-0.2, 0) is 12.8 Å². The maximum atomic E-state index is 11.5. The molecule has 3 N–H and O–H groups in total. The number of aryl methyl sites for hydroxylation is 1. The Labute approximate surface area is 210 Å². The smallest absolute Gasteiger partial charge is 0.128 e. The van der Waals surface area contributed by atoms with Gasteiger partial charge in [0.05, 0.1) is 39.6 Å². The number of phenols is 1. The lowest BCUT2D eigenvalue weighted by atomic mass is 9.77. The van der Waals surface area contributed by atoms with E-state index in [9.17, 15) is 15.3 Å². The lowest BCUT2D eigenvalue weighted by Crippen LogP contribution is -2.40. The summed E-state index contributed by atoms with van der Waals surface area (Å²) in [6.45, 7) is 2.50. The van der Waals surface area contributed by atoms with Crippen LogP contribution in [0.2, 0.25) is 0 Å². The topological polar surface area (TPSA) is 97.6 Å². The van der Waals surface area contributed by atoms with Crippen molar-refractivity contribution >= 4 is 0 Å². The quantitative estimate of drug-likeness (QED) is 0.471. The Morgan fingerprint density at radius 2 is 1.50 bits per heavy atom. The van der Waals surface area contributed by atoms with Gasteiger partial charge in [-0.05, 0) is 53.9 Å². The van der Waals surface area contributed by atoms with Gasteiger partial charge in [0.2, 0.25) is 0 Å². The summed E-state index contributed by atoms with van der Waals surface area (Å²) >= 11 is 0. The summed E-state index contributed by atoms with van der Waals surface area (Å²) in [5.74, 6) is 1.99. The van der Waals surface area contributed by atoms with Gasteiger partial charge in [-0.2, -0.15) is 0 Å². The second-order valence-corrected chi connectivity index (χ2v) is 9.44. The summed E-state index contributed by atoms with van der Waals surface area (Å²) in [6, 6.07) is 14.7. The zero-order chi connectivity index (χ0) is 25.4. The van der Waals surface area contributed by atoms with Crippen LogP contribution in [0.1, 0.15) is 46.9 Å². The lowest BCUT2D eigenvalue weighted by Gasteiger charge is -2.40. The molecular formula is C29H32O7. The SMILES string of the molecule is CCc1ccc(Cc2cc(OC)cc3c2OC[C@H]([C@@H]2COc4ccc(OC)cc4[C@@H]2O)[C@@H]3O)cc1O. The number of aromatic hydroxyl groups is 1. The van der Waals surface area contributed by atoms with Crippen LogP contribution in [-0.4, -0.2) is 42.8 Å². The third kappa shape index (κ3) is 4.33. The molecule has 2 aliphatic rings. The van der Waals surface area contributed by atoms with Gasteiger partial charge < -0.3 is 34.3 Å². The van der Waals surface area contributed by atoms with Crippen molar-refractivity contribution in [3.05, 3.63) is 76.3 Å². The standard InChI is InChI=1S/C29H32O7/c1-4-17-6-5-16(10-25(17)30)9-18-11-20(34-3)13-22-28(32)24(15-36-29(18)22)23-14-35-26-8-7-19(33-2)12-21(26)27(23)31/h5-8,10-13,23-24,27-28,30-32H,4,9,14-15H2,1-3H3/t23-,24+,27-,28+/m0/s1. The number of rotatable bonds is 6. The summed E-state index contributed by atoms with van der Waals surface area (Å²) in [5, 5.41) is 33.0. The van der Waals surface area contributed by atoms with Crippen LogP contribution >= 0.6 is 0 Å². The summed E-state index contributed by atoms with van der Waals surface area (Å²) in [7, 11) is 3.17. The van der Waals surface area contributed by atoms with Crippen LogP contribution in [0.4, 0.5) is 0 Å². The second-order valence-electron chi connectivity index (χ2n) is 9.44. The average Bonchev–Trinajstić information content (AvgIpc) is 2.89. The van der Waals surface area contributed by atoms with Crippen LogP contribution in [0.3, 0.4) is 0 Å². The molecule has 0 saturated carbocycles. The molecule has 3 aromatic rings. The van der Waals surface area contributed by atoms with Gasteiger partial charge in [0, 0.05) is 34.9 Å². The highest BCUT2D eigenvalue weighted by atomic mass is 16.5. The third-order valence-corrected chi connectivity index (χ3v) is 7.40. The molecule has 0 amide bonds. The molecule has 190 valence electrons. The number of aliphatic hydroxyl groups is 2. The van der Waals surface area contributed by atoms with Crippen LogP contribution in [0.5, 0.6) is 28.7 Å². The maximum Gasteiger partial charge on any atom is 0.128 e. The molecule has 5 rings (SSSR count). The zero-order valence-corrected chi connectivity index (χ0v) is 20.7. The Balaban J connectivity index is 1.45. The zero-order valence-electron chi connectivity index (χ0n) is 20.7. The highest BCUT2D eigenvalue weighted by Gasteiger charge is 2.43. The Bertz CT molecular complexity index is 1250. The molecule has 7 nitrogen and oxygen atoms in total. The molecule has 0 fully saturated rings. The largest absolute Gasteiger partial charge is 0.508 e. The van der Waals surface area contributed by atoms with E-state index in [-0.39, 0.29) is 30.8 Å². The van der Waals surface area contributed by atoms with Gasteiger partial charge in [0.15, 0.2) is 0 Å². The van der Waals surface area contributed by atoms with Crippen molar-refractivity contribution in [3.63, 3.8) is 0 Å². The molecule has 7 heteroatoms. The Morgan fingerprint density at radius 3 is 2.19 bits per heavy atom. The van der Waals surface area contributed by atoms with Crippen molar-refractivity contribution < 1.29 is 34.3 Å². The first-order valence-corrected chi connectivity index (χ1v) is 12.2. The number of phenolic OH excluding ortho intramolecular Hbond substituents is 1. The van der Waals surface area contributed by atoms with Crippen LogP contribution in [0, 0.1) is 11.8 Å². The number of fused-ring (bicyclic) bond motifs is 2. The molecule has 2 heterocycles. The summed E-state index contributed by atoms with van der Waals surface area (Å²) in [4.78, 5) is 0. The van der Waals surface area contributed by atoms with Gasteiger partial charge >= 0.3 is 0 Å². The molecule has 0 saturated heterocycles. The fourth-order valence-electron chi connectivity index (χ4n) is 5.31. The van der Waals surface area contributed by atoms with Gasteiger partial charge in [-0.3, -0.25) is 0 Å². The number of hydrogen-bond donors (Lipinski definition) is 3. The fraction of sp³-hybridized carbons (Fsp3) is 0.379. The van der Waals surface area contributed by atoms with Gasteiger partial charge in [0.25, 0.3) is 0 Å². The molecule has 0 bridgehead atoms. The minimum absolute atomic E-state index is 0.234. The van der Waals surface area contributed by atoms with Crippen LogP contribution in [0.15, 0.2) is 48.5 Å². The van der Waals surface area contributed by atoms with E-state index in [1.807, 2.05) is 25.1 Å². The van der Waals surface area contributed by atoms with E-state index in [1.165, 1.54) is 0 Å². The molecule has 0 radical (unpaired) electrons. The molecular weight excluding hydrogens is 460 g/mol. The van der Waals surface area contributed by atoms with Gasteiger partial charge in [0.1, 0.15) is 28.7 Å². The highest BCUT2D eigenvalue weighted by Crippen LogP contribution is 2.48. The first-order valence-electron chi connectivity index (χ1n) is 12.2. The first-order chi connectivity index (χ1) is 17.4. The monoisotopic (exact) mass is 492 g/mol. The summed E-state index contributed by atoms with van der Waals surface area (Å²) in [6.07, 6.45) is -0.449. The van der Waals surface area contributed by atoms with Crippen LogP contribution in [0.25, 0.3) is 0 Å². The average molecular weight is 493 g/mol. The summed E-state index contributed by atoms with van der Waals surface area (Å²) < 4.78 is 23.0. The third-order valence-electron chi connectivity index (χ3n) is 7.40. The van der Waals surface area contributed by atoms with Gasteiger partial charge in [-0.15, -0.1) is 0 Å². The van der Waals surface area contributed by atoms with Crippen molar-refractivity contribution in [2.24, 2.45) is 11.8 Å². The number of benzene rings is 3. The number of aliphatic hydroxyl groups excluding tert-OH is 2. The molecule has 0 aromatic heterocycles. The first kappa shape index (κ1) is 24.3. The normalized spacial score (nSPS) is 22.6. The van der Waals surface area contributed by atoms with E-state index in [4.69, 9.17) is 18.9 Å². The maximum absolute atomic E-state index is 11.5. The fourth-order valence-corrected chi connectivity index (χ4v) is 5.31. The van der Waals surface area contributed by atoms with E-state index < -0.39 is 12.2 Å².